The molecule has 2 N–H and O–H groups in total. The molecule has 170 valence electrons. The lowest BCUT2D eigenvalue weighted by molar-refractivity contribution is 0.291. The van der Waals surface area contributed by atoms with Crippen LogP contribution in [-0.2, 0) is 4.74 Å². The van der Waals surface area contributed by atoms with Crippen molar-refractivity contribution < 1.29 is 13.9 Å². The second-order valence-electron chi connectivity index (χ2n) is 7.85. The SMILES string of the molecule is CC.COc1cc2c(cc1C)C1=C(NCO1)C(NCCCC1=CC(F)=CN(C)C1)N2C. The van der Waals surface area contributed by atoms with Crippen molar-refractivity contribution in [2.75, 3.05) is 45.9 Å². The van der Waals surface area contributed by atoms with E-state index in [0.29, 0.717) is 6.73 Å². The highest BCUT2D eigenvalue weighted by Crippen LogP contribution is 2.41. The number of hydrogen-bond acceptors (Lipinski definition) is 6. The number of anilines is 1. The Balaban J connectivity index is 0.00000132. The van der Waals surface area contributed by atoms with Crippen LogP contribution in [0.3, 0.4) is 0 Å². The molecule has 0 aromatic heterocycles. The van der Waals surface area contributed by atoms with Gasteiger partial charge in [-0.2, -0.15) is 0 Å². The molecule has 6 nitrogen and oxygen atoms in total. The maximum absolute atomic E-state index is 13.6. The number of halogens is 1. The Morgan fingerprint density at radius 2 is 2.06 bits per heavy atom. The van der Waals surface area contributed by atoms with Gasteiger partial charge in [0.2, 0.25) is 0 Å². The van der Waals surface area contributed by atoms with E-state index in [4.69, 9.17) is 9.47 Å². The zero-order chi connectivity index (χ0) is 22.5. The summed E-state index contributed by atoms with van der Waals surface area (Å²) in [6.45, 7) is 8.12. The van der Waals surface area contributed by atoms with Crippen LogP contribution in [0, 0.1) is 6.92 Å². The minimum atomic E-state index is -0.170. The van der Waals surface area contributed by atoms with Crippen molar-refractivity contribution in [3.05, 3.63) is 52.6 Å². The Hall–Kier alpha value is -2.67. The van der Waals surface area contributed by atoms with Crippen molar-refractivity contribution in [2.24, 2.45) is 0 Å². The molecular weight excluding hydrogens is 395 g/mol. The summed E-state index contributed by atoms with van der Waals surface area (Å²) in [5.41, 5.74) is 5.44. The molecule has 3 heterocycles. The molecule has 1 unspecified atom stereocenters. The van der Waals surface area contributed by atoms with Gasteiger partial charge >= 0.3 is 0 Å². The van der Waals surface area contributed by atoms with Gasteiger partial charge in [-0.05, 0) is 49.6 Å². The van der Waals surface area contributed by atoms with Gasteiger partial charge in [0.25, 0.3) is 0 Å². The average Bonchev–Trinajstić information content (AvgIpc) is 3.23. The van der Waals surface area contributed by atoms with E-state index in [1.807, 2.05) is 32.7 Å². The molecule has 1 aromatic carbocycles. The first-order valence-corrected chi connectivity index (χ1v) is 11.0. The summed E-state index contributed by atoms with van der Waals surface area (Å²) in [6, 6.07) is 4.19. The van der Waals surface area contributed by atoms with Gasteiger partial charge < -0.3 is 24.6 Å². The fourth-order valence-corrected chi connectivity index (χ4v) is 4.29. The molecule has 0 amide bonds. The van der Waals surface area contributed by atoms with E-state index < -0.39 is 0 Å². The van der Waals surface area contributed by atoms with Crippen molar-refractivity contribution >= 4 is 11.4 Å². The quantitative estimate of drug-likeness (QED) is 0.663. The zero-order valence-electron chi connectivity index (χ0n) is 19.5. The lowest BCUT2D eigenvalue weighted by Gasteiger charge is -2.37. The Bertz CT molecular complexity index is 894. The molecule has 0 spiro atoms. The van der Waals surface area contributed by atoms with Gasteiger partial charge in [0, 0.05) is 38.5 Å². The molecule has 0 fully saturated rings. The number of methoxy groups -OCH3 is 1. The molecule has 0 aliphatic carbocycles. The first-order valence-electron chi connectivity index (χ1n) is 11.0. The fourth-order valence-electron chi connectivity index (χ4n) is 4.29. The number of rotatable bonds is 6. The molecule has 1 aromatic rings. The smallest absolute Gasteiger partial charge is 0.159 e. The Labute approximate surface area is 185 Å². The summed E-state index contributed by atoms with van der Waals surface area (Å²) in [5.74, 6) is 1.61. The normalized spacial score (nSPS) is 19.4. The standard InChI is InChI=1S/C22H29FN4O2.C2H6/c1-14-8-17-18(10-19(14)28-4)27(3)22(20-21(17)29-13-25-20)24-7-5-6-15-9-16(23)12-26(2)11-15;1-2/h8-10,12,22,24-25H,5-7,11,13H2,1-4H3;1-2H3. The molecule has 1 atom stereocenters. The van der Waals surface area contributed by atoms with E-state index in [0.717, 1.165) is 65.5 Å². The van der Waals surface area contributed by atoms with Crippen LogP contribution in [0.5, 0.6) is 5.75 Å². The van der Waals surface area contributed by atoms with Gasteiger partial charge in [-0.15, -0.1) is 0 Å². The van der Waals surface area contributed by atoms with Crippen molar-refractivity contribution in [2.45, 2.75) is 39.8 Å². The number of ether oxygens (including phenoxy) is 2. The highest BCUT2D eigenvalue weighted by atomic mass is 19.1. The predicted octanol–water partition coefficient (Wildman–Crippen LogP) is 4.10. The highest BCUT2D eigenvalue weighted by molar-refractivity contribution is 5.82. The minimum absolute atomic E-state index is 0.00736. The number of nitrogens with one attached hydrogen (secondary N) is 2. The van der Waals surface area contributed by atoms with Crippen molar-refractivity contribution in [3.63, 3.8) is 0 Å². The first-order chi connectivity index (χ1) is 15.0. The summed E-state index contributed by atoms with van der Waals surface area (Å²) in [4.78, 5) is 4.10. The van der Waals surface area contributed by atoms with Gasteiger partial charge in [0.05, 0.1) is 18.5 Å². The Morgan fingerprint density at radius 1 is 1.29 bits per heavy atom. The van der Waals surface area contributed by atoms with E-state index in [1.165, 1.54) is 6.20 Å². The van der Waals surface area contributed by atoms with Crippen LogP contribution in [-0.4, -0.2) is 52.1 Å². The van der Waals surface area contributed by atoms with E-state index in [-0.39, 0.29) is 12.0 Å². The Kier molecular flexibility index (Phi) is 7.49. The number of hydrogen-bond donors (Lipinski definition) is 2. The predicted molar refractivity (Wildman–Crippen MR) is 124 cm³/mol. The lowest BCUT2D eigenvalue weighted by Crippen LogP contribution is -2.50. The molecule has 0 bridgehead atoms. The third-order valence-electron chi connectivity index (χ3n) is 5.67. The third-order valence-corrected chi connectivity index (χ3v) is 5.67. The summed E-state index contributed by atoms with van der Waals surface area (Å²) < 4.78 is 25.0. The van der Waals surface area contributed by atoms with E-state index in [9.17, 15) is 4.39 Å². The number of nitrogens with zero attached hydrogens (tertiary/aromatic N) is 2. The van der Waals surface area contributed by atoms with Crippen LogP contribution < -0.4 is 20.3 Å². The molecule has 31 heavy (non-hydrogen) atoms. The monoisotopic (exact) mass is 430 g/mol. The summed E-state index contributed by atoms with van der Waals surface area (Å²) in [6.07, 6.45) is 4.99. The summed E-state index contributed by atoms with van der Waals surface area (Å²) in [5, 5.41) is 7.01. The van der Waals surface area contributed by atoms with Crippen LogP contribution in [0.4, 0.5) is 10.1 Å². The summed E-state index contributed by atoms with van der Waals surface area (Å²) >= 11 is 0. The number of fused-ring (bicyclic) bond motifs is 2. The van der Waals surface area contributed by atoms with E-state index in [2.05, 4.69) is 34.7 Å². The molecule has 3 aliphatic rings. The average molecular weight is 431 g/mol. The number of aryl methyl sites for hydroxylation is 1. The topological polar surface area (TPSA) is 49.0 Å². The number of likely N-dealkylation sites (N-methyl/N-ethyl adjacent to an activating group) is 2. The largest absolute Gasteiger partial charge is 0.496 e. The fraction of sp³-hybridized carbons (Fsp3) is 0.500. The maximum Gasteiger partial charge on any atom is 0.159 e. The van der Waals surface area contributed by atoms with Gasteiger partial charge in [-0.25, -0.2) is 4.39 Å². The molecule has 0 saturated carbocycles. The van der Waals surface area contributed by atoms with Crippen LogP contribution in [0.1, 0.15) is 37.8 Å². The van der Waals surface area contributed by atoms with Gasteiger partial charge in [0.15, 0.2) is 12.5 Å². The number of benzene rings is 1. The maximum atomic E-state index is 13.6. The van der Waals surface area contributed by atoms with Gasteiger partial charge in [-0.3, -0.25) is 5.32 Å². The Morgan fingerprint density at radius 3 is 2.77 bits per heavy atom. The van der Waals surface area contributed by atoms with Crippen LogP contribution >= 0.6 is 0 Å². The zero-order valence-corrected chi connectivity index (χ0v) is 19.5. The second-order valence-corrected chi connectivity index (χ2v) is 7.85. The highest BCUT2D eigenvalue weighted by Gasteiger charge is 2.35. The molecule has 0 saturated heterocycles. The van der Waals surface area contributed by atoms with Crippen molar-refractivity contribution in [1.29, 1.82) is 0 Å². The van der Waals surface area contributed by atoms with Crippen LogP contribution in [0.25, 0.3) is 5.76 Å². The number of allylic oxidation sites excluding steroid dienone is 2. The summed E-state index contributed by atoms with van der Waals surface area (Å²) in [7, 11) is 5.67. The lowest BCUT2D eigenvalue weighted by atomic mass is 9.99. The first kappa shape index (κ1) is 23.0. The minimum Gasteiger partial charge on any atom is -0.496 e. The van der Waals surface area contributed by atoms with Gasteiger partial charge in [-0.1, -0.05) is 13.8 Å². The molecule has 7 heteroatoms. The van der Waals surface area contributed by atoms with Crippen molar-refractivity contribution in [3.8, 4) is 5.75 Å². The van der Waals surface area contributed by atoms with Crippen LogP contribution in [0.15, 0.2) is 41.5 Å². The molecule has 3 aliphatic heterocycles. The van der Waals surface area contributed by atoms with E-state index in [1.54, 1.807) is 13.2 Å². The van der Waals surface area contributed by atoms with Gasteiger partial charge in [0.1, 0.15) is 17.7 Å². The van der Waals surface area contributed by atoms with Crippen molar-refractivity contribution in [1.82, 2.24) is 15.5 Å². The molecule has 0 radical (unpaired) electrons. The molecule has 4 rings (SSSR count). The van der Waals surface area contributed by atoms with Crippen LogP contribution in [0.2, 0.25) is 0 Å². The molecular formula is C24H35FN4O2. The third kappa shape index (κ3) is 4.82. The second kappa shape index (κ2) is 10.1. The van der Waals surface area contributed by atoms with E-state index >= 15 is 0 Å².